The fraction of sp³-hybridized carbons (Fsp3) is 0.909. The first kappa shape index (κ1) is 14.8. The van der Waals surface area contributed by atoms with Crippen LogP contribution < -0.4 is 11.1 Å². The van der Waals surface area contributed by atoms with E-state index in [1.54, 1.807) is 0 Å². The second-order valence-electron chi connectivity index (χ2n) is 4.23. The van der Waals surface area contributed by atoms with Crippen LogP contribution in [0.1, 0.15) is 33.1 Å². The van der Waals surface area contributed by atoms with Crippen molar-refractivity contribution in [3.63, 3.8) is 0 Å². The van der Waals surface area contributed by atoms with E-state index in [4.69, 9.17) is 5.73 Å². The van der Waals surface area contributed by atoms with Gasteiger partial charge in [0.25, 0.3) is 0 Å². The fourth-order valence-corrected chi connectivity index (χ4v) is 1.82. The van der Waals surface area contributed by atoms with Gasteiger partial charge in [-0.25, -0.2) is 0 Å². The zero-order valence-electron chi connectivity index (χ0n) is 10.1. The first-order valence-corrected chi connectivity index (χ1v) is 6.99. The predicted octanol–water partition coefficient (Wildman–Crippen LogP) is 1.62. The summed E-state index contributed by atoms with van der Waals surface area (Å²) in [4.78, 5) is 11.5. The molecular formula is C11H24N2OS. The lowest BCUT2D eigenvalue weighted by Crippen LogP contribution is -2.41. The van der Waals surface area contributed by atoms with Crippen molar-refractivity contribution >= 4 is 17.7 Å². The average Bonchev–Trinajstić information content (AvgIpc) is 2.16. The van der Waals surface area contributed by atoms with Crippen LogP contribution in [-0.4, -0.2) is 30.5 Å². The highest BCUT2D eigenvalue weighted by atomic mass is 32.2. The molecule has 3 N–H and O–H groups in total. The molecule has 3 nitrogen and oxygen atoms in total. The van der Waals surface area contributed by atoms with Crippen LogP contribution in [0.2, 0.25) is 0 Å². The van der Waals surface area contributed by atoms with Gasteiger partial charge in [0.2, 0.25) is 5.91 Å². The van der Waals surface area contributed by atoms with Crippen LogP contribution in [0.5, 0.6) is 0 Å². The van der Waals surface area contributed by atoms with Gasteiger partial charge < -0.3 is 11.1 Å². The highest BCUT2D eigenvalue weighted by Crippen LogP contribution is 2.02. The second kappa shape index (κ2) is 9.04. The fourth-order valence-electron chi connectivity index (χ4n) is 1.33. The number of hydrogen-bond acceptors (Lipinski definition) is 3. The lowest BCUT2D eigenvalue weighted by Gasteiger charge is -2.13. The monoisotopic (exact) mass is 232 g/mol. The molecule has 0 aliphatic rings. The molecule has 0 heterocycles. The number of amides is 1. The van der Waals surface area contributed by atoms with Gasteiger partial charge >= 0.3 is 0 Å². The summed E-state index contributed by atoms with van der Waals surface area (Å²) < 4.78 is 0. The van der Waals surface area contributed by atoms with E-state index in [1.807, 2.05) is 11.8 Å². The molecule has 0 bridgehead atoms. The third-order valence-corrected chi connectivity index (χ3v) is 2.83. The van der Waals surface area contributed by atoms with Crippen LogP contribution in [0.25, 0.3) is 0 Å². The van der Waals surface area contributed by atoms with Crippen LogP contribution in [0.4, 0.5) is 0 Å². The van der Waals surface area contributed by atoms with Crippen molar-refractivity contribution in [2.75, 3.05) is 18.6 Å². The van der Waals surface area contributed by atoms with Crippen molar-refractivity contribution < 1.29 is 4.79 Å². The first-order valence-electron chi connectivity index (χ1n) is 5.60. The minimum atomic E-state index is -0.342. The molecule has 0 aromatic rings. The molecule has 0 saturated carbocycles. The molecule has 0 fully saturated rings. The number of unbranched alkanes of at least 4 members (excludes halogenated alkanes) is 1. The lowest BCUT2D eigenvalue weighted by atomic mass is 10.0. The van der Waals surface area contributed by atoms with E-state index in [9.17, 15) is 4.79 Å². The molecule has 0 aromatic carbocycles. The summed E-state index contributed by atoms with van der Waals surface area (Å²) >= 11 is 1.84. The van der Waals surface area contributed by atoms with Gasteiger partial charge in [-0.15, -0.1) is 0 Å². The van der Waals surface area contributed by atoms with Gasteiger partial charge in [-0.05, 0) is 37.2 Å². The van der Waals surface area contributed by atoms with Crippen molar-refractivity contribution in [2.24, 2.45) is 11.7 Å². The molecule has 0 saturated heterocycles. The molecule has 90 valence electrons. The number of nitrogens with two attached hydrogens (primary N) is 1. The molecule has 0 aliphatic heterocycles. The maximum Gasteiger partial charge on any atom is 0.236 e. The molecule has 1 atom stereocenters. The van der Waals surface area contributed by atoms with E-state index in [1.165, 1.54) is 0 Å². The Morgan fingerprint density at radius 2 is 2.07 bits per heavy atom. The van der Waals surface area contributed by atoms with Gasteiger partial charge in [0.05, 0.1) is 6.04 Å². The molecule has 4 heteroatoms. The molecular weight excluding hydrogens is 208 g/mol. The van der Waals surface area contributed by atoms with Crippen molar-refractivity contribution in [3.8, 4) is 0 Å². The van der Waals surface area contributed by atoms with Crippen molar-refractivity contribution in [1.29, 1.82) is 0 Å². The Balaban J connectivity index is 3.47. The van der Waals surface area contributed by atoms with Crippen LogP contribution in [0.3, 0.4) is 0 Å². The van der Waals surface area contributed by atoms with Crippen molar-refractivity contribution in [1.82, 2.24) is 5.32 Å². The molecule has 1 unspecified atom stereocenters. The number of rotatable bonds is 8. The molecule has 1 amide bonds. The summed E-state index contributed by atoms with van der Waals surface area (Å²) in [5.74, 6) is 1.63. The minimum Gasteiger partial charge on any atom is -0.355 e. The van der Waals surface area contributed by atoms with E-state index in [2.05, 4.69) is 25.4 Å². The summed E-state index contributed by atoms with van der Waals surface area (Å²) in [5, 5.41) is 2.87. The Morgan fingerprint density at radius 1 is 1.40 bits per heavy atom. The Morgan fingerprint density at radius 3 is 2.60 bits per heavy atom. The number of thioether (sulfide) groups is 1. The summed E-state index contributed by atoms with van der Waals surface area (Å²) in [5.41, 5.74) is 5.74. The third-order valence-electron chi connectivity index (χ3n) is 2.14. The Bertz CT molecular complexity index is 174. The van der Waals surface area contributed by atoms with Crippen LogP contribution in [0.15, 0.2) is 0 Å². The largest absolute Gasteiger partial charge is 0.355 e. The maximum absolute atomic E-state index is 11.5. The highest BCUT2D eigenvalue weighted by Gasteiger charge is 2.13. The van der Waals surface area contributed by atoms with Crippen LogP contribution >= 0.6 is 11.8 Å². The zero-order valence-corrected chi connectivity index (χ0v) is 10.9. The minimum absolute atomic E-state index is 0.00662. The number of carbonyl (C=O) groups is 1. The van der Waals surface area contributed by atoms with Crippen molar-refractivity contribution in [3.05, 3.63) is 0 Å². The van der Waals surface area contributed by atoms with Gasteiger partial charge in [-0.3, -0.25) is 4.79 Å². The topological polar surface area (TPSA) is 55.1 Å². The van der Waals surface area contributed by atoms with E-state index in [0.717, 1.165) is 31.6 Å². The maximum atomic E-state index is 11.5. The summed E-state index contributed by atoms with van der Waals surface area (Å²) in [6.45, 7) is 4.91. The van der Waals surface area contributed by atoms with Crippen LogP contribution in [0, 0.1) is 5.92 Å². The van der Waals surface area contributed by atoms with Gasteiger partial charge in [0.1, 0.15) is 0 Å². The summed E-state index contributed by atoms with van der Waals surface area (Å²) in [6, 6.07) is -0.342. The average molecular weight is 232 g/mol. The summed E-state index contributed by atoms with van der Waals surface area (Å²) in [7, 11) is 0. The molecule has 0 rings (SSSR count). The Kier molecular flexibility index (Phi) is 8.91. The van der Waals surface area contributed by atoms with Crippen molar-refractivity contribution in [2.45, 2.75) is 39.2 Å². The van der Waals surface area contributed by atoms with Gasteiger partial charge in [-0.1, -0.05) is 13.8 Å². The normalized spacial score (nSPS) is 12.9. The molecule has 0 radical (unpaired) electrons. The zero-order chi connectivity index (χ0) is 11.7. The van der Waals surface area contributed by atoms with E-state index >= 15 is 0 Å². The second-order valence-corrected chi connectivity index (χ2v) is 5.21. The summed E-state index contributed by atoms with van der Waals surface area (Å²) in [6.07, 6.45) is 5.05. The van der Waals surface area contributed by atoms with Crippen LogP contribution in [-0.2, 0) is 4.79 Å². The lowest BCUT2D eigenvalue weighted by molar-refractivity contribution is -0.122. The molecule has 0 aliphatic carbocycles. The standard InChI is InChI=1S/C11H24N2OS/c1-9(2)8-10(12)11(14)13-6-4-5-7-15-3/h9-10H,4-8,12H2,1-3H3,(H,13,14). The smallest absolute Gasteiger partial charge is 0.236 e. The number of carbonyl (C=O) groups excluding carboxylic acids is 1. The number of nitrogens with one attached hydrogen (secondary N) is 1. The molecule has 0 aromatic heterocycles. The SMILES string of the molecule is CSCCCCNC(=O)C(N)CC(C)C. The Labute approximate surface area is 97.6 Å². The van der Waals surface area contributed by atoms with E-state index < -0.39 is 0 Å². The van der Waals surface area contributed by atoms with E-state index in [0.29, 0.717) is 5.92 Å². The van der Waals surface area contributed by atoms with E-state index in [-0.39, 0.29) is 11.9 Å². The number of hydrogen-bond donors (Lipinski definition) is 2. The molecule has 15 heavy (non-hydrogen) atoms. The molecule has 0 spiro atoms. The quantitative estimate of drug-likeness (QED) is 0.625. The predicted molar refractivity (Wildman–Crippen MR) is 68.1 cm³/mol. The van der Waals surface area contributed by atoms with Gasteiger partial charge in [0.15, 0.2) is 0 Å². The Hall–Kier alpha value is -0.220. The van der Waals surface area contributed by atoms with Gasteiger partial charge in [0, 0.05) is 6.54 Å². The first-order chi connectivity index (χ1) is 7.07. The van der Waals surface area contributed by atoms with Gasteiger partial charge in [-0.2, -0.15) is 11.8 Å². The third kappa shape index (κ3) is 8.75. The highest BCUT2D eigenvalue weighted by molar-refractivity contribution is 7.98.